The Morgan fingerprint density at radius 2 is 2.45 bits per heavy atom. The normalized spacial score (nSPS) is 20.4. The molecule has 1 aliphatic rings. The molecular weight excluding hydrogens is 280 g/mol. The Labute approximate surface area is 121 Å². The van der Waals surface area contributed by atoms with E-state index in [0.717, 1.165) is 4.88 Å². The Morgan fingerprint density at radius 1 is 1.65 bits per heavy atom. The summed E-state index contributed by atoms with van der Waals surface area (Å²) in [5, 5.41) is 13.7. The van der Waals surface area contributed by atoms with Crippen LogP contribution in [0.1, 0.15) is 24.3 Å². The topological polar surface area (TPSA) is 78.9 Å². The summed E-state index contributed by atoms with van der Waals surface area (Å²) >= 11 is 1.58. The summed E-state index contributed by atoms with van der Waals surface area (Å²) in [6, 6.07) is 3.17. The molecule has 2 N–H and O–H groups in total. The van der Waals surface area contributed by atoms with Gasteiger partial charge in [0.1, 0.15) is 0 Å². The first-order chi connectivity index (χ1) is 9.58. The number of urea groups is 1. The van der Waals surface area contributed by atoms with Crippen LogP contribution in [-0.4, -0.2) is 47.8 Å². The van der Waals surface area contributed by atoms with E-state index in [-0.39, 0.29) is 25.1 Å². The van der Waals surface area contributed by atoms with Crippen molar-refractivity contribution in [2.45, 2.75) is 25.4 Å². The second-order valence-electron chi connectivity index (χ2n) is 4.71. The molecule has 7 heteroatoms. The third-order valence-corrected chi connectivity index (χ3v) is 4.26. The van der Waals surface area contributed by atoms with Crippen molar-refractivity contribution in [2.75, 3.05) is 19.8 Å². The van der Waals surface area contributed by atoms with Gasteiger partial charge in [0.25, 0.3) is 0 Å². The van der Waals surface area contributed by atoms with Crippen LogP contribution in [0.4, 0.5) is 4.79 Å². The number of carboxylic acid groups (broad SMARTS) is 1. The van der Waals surface area contributed by atoms with Gasteiger partial charge in [0.2, 0.25) is 0 Å². The molecule has 2 rings (SSSR count). The van der Waals surface area contributed by atoms with Gasteiger partial charge in [0.15, 0.2) is 0 Å². The van der Waals surface area contributed by atoms with E-state index in [1.54, 1.807) is 16.2 Å². The molecule has 110 valence electrons. The molecule has 1 saturated heterocycles. The standard InChI is InChI=1S/C13H18N2O4S/c1-9(11-3-2-6-20-11)14-13(18)15-4-5-19-8-10(15)7-12(16)17/h2-3,6,9-10H,4-5,7-8H2,1H3,(H,14,18)(H,16,17). The molecule has 2 heterocycles. The Balaban J connectivity index is 1.97. The highest BCUT2D eigenvalue weighted by Crippen LogP contribution is 2.19. The van der Waals surface area contributed by atoms with Crippen molar-refractivity contribution >= 4 is 23.3 Å². The van der Waals surface area contributed by atoms with Crippen LogP contribution in [0.5, 0.6) is 0 Å². The monoisotopic (exact) mass is 298 g/mol. The summed E-state index contributed by atoms with van der Waals surface area (Å²) < 4.78 is 5.26. The summed E-state index contributed by atoms with van der Waals surface area (Å²) in [7, 11) is 0. The quantitative estimate of drug-likeness (QED) is 0.886. The van der Waals surface area contributed by atoms with Gasteiger partial charge in [-0.25, -0.2) is 4.79 Å². The lowest BCUT2D eigenvalue weighted by Gasteiger charge is -2.35. The fourth-order valence-electron chi connectivity index (χ4n) is 2.17. The van der Waals surface area contributed by atoms with Crippen molar-refractivity contribution in [3.05, 3.63) is 22.4 Å². The van der Waals surface area contributed by atoms with Crippen molar-refractivity contribution in [2.24, 2.45) is 0 Å². The minimum absolute atomic E-state index is 0.0872. The number of amides is 2. The first kappa shape index (κ1) is 14.8. The maximum Gasteiger partial charge on any atom is 0.318 e. The molecular formula is C13H18N2O4S. The number of carbonyl (C=O) groups is 2. The van der Waals surface area contributed by atoms with Gasteiger partial charge in [-0.1, -0.05) is 6.07 Å². The maximum atomic E-state index is 12.3. The van der Waals surface area contributed by atoms with E-state index in [4.69, 9.17) is 9.84 Å². The Morgan fingerprint density at radius 3 is 3.10 bits per heavy atom. The van der Waals surface area contributed by atoms with E-state index in [9.17, 15) is 9.59 Å². The van der Waals surface area contributed by atoms with Crippen LogP contribution in [0.3, 0.4) is 0 Å². The minimum atomic E-state index is -0.926. The van der Waals surface area contributed by atoms with Gasteiger partial charge < -0.3 is 20.1 Å². The molecule has 0 aliphatic carbocycles. The number of hydrogen-bond donors (Lipinski definition) is 2. The number of morpholine rings is 1. The lowest BCUT2D eigenvalue weighted by Crippen LogP contribution is -2.53. The molecule has 1 aromatic heterocycles. The molecule has 6 nitrogen and oxygen atoms in total. The molecule has 20 heavy (non-hydrogen) atoms. The van der Waals surface area contributed by atoms with Crippen LogP contribution in [-0.2, 0) is 9.53 Å². The summed E-state index contributed by atoms with van der Waals surface area (Å²) in [4.78, 5) is 25.7. The number of hydrogen-bond acceptors (Lipinski definition) is 4. The van der Waals surface area contributed by atoms with Crippen molar-refractivity contribution in [3.63, 3.8) is 0 Å². The third kappa shape index (κ3) is 3.71. The van der Waals surface area contributed by atoms with Crippen LogP contribution in [0.15, 0.2) is 17.5 Å². The number of thiophene rings is 1. The van der Waals surface area contributed by atoms with Gasteiger partial charge in [-0.15, -0.1) is 11.3 Å². The summed E-state index contributed by atoms with van der Waals surface area (Å²) in [5.74, 6) is -0.926. The number of aliphatic carboxylic acids is 1. The van der Waals surface area contributed by atoms with E-state index in [0.29, 0.717) is 13.2 Å². The first-order valence-corrected chi connectivity index (χ1v) is 7.36. The Hall–Kier alpha value is -1.60. The van der Waals surface area contributed by atoms with Crippen molar-refractivity contribution in [1.29, 1.82) is 0 Å². The largest absolute Gasteiger partial charge is 0.481 e. The van der Waals surface area contributed by atoms with Crippen molar-refractivity contribution < 1.29 is 19.4 Å². The number of nitrogens with zero attached hydrogens (tertiary/aromatic N) is 1. The second kappa shape index (κ2) is 6.71. The highest BCUT2D eigenvalue weighted by Gasteiger charge is 2.29. The van der Waals surface area contributed by atoms with Crippen LogP contribution >= 0.6 is 11.3 Å². The van der Waals surface area contributed by atoms with Crippen LogP contribution in [0, 0.1) is 0 Å². The smallest absolute Gasteiger partial charge is 0.318 e. The lowest BCUT2D eigenvalue weighted by molar-refractivity contribution is -0.139. The van der Waals surface area contributed by atoms with E-state index >= 15 is 0 Å². The molecule has 0 bridgehead atoms. The van der Waals surface area contributed by atoms with Gasteiger partial charge in [-0.3, -0.25) is 4.79 Å². The zero-order chi connectivity index (χ0) is 14.5. The zero-order valence-electron chi connectivity index (χ0n) is 11.2. The summed E-state index contributed by atoms with van der Waals surface area (Å²) in [5.41, 5.74) is 0. The summed E-state index contributed by atoms with van der Waals surface area (Å²) in [6.45, 7) is 3.04. The number of carboxylic acids is 1. The molecule has 2 unspecified atom stereocenters. The molecule has 0 spiro atoms. The predicted molar refractivity (Wildman–Crippen MR) is 74.8 cm³/mol. The first-order valence-electron chi connectivity index (χ1n) is 6.48. The van der Waals surface area contributed by atoms with E-state index in [2.05, 4.69) is 5.32 Å². The molecule has 0 aromatic carbocycles. The van der Waals surface area contributed by atoms with Gasteiger partial charge >= 0.3 is 12.0 Å². The Bertz CT molecular complexity index is 463. The van der Waals surface area contributed by atoms with Gasteiger partial charge in [0, 0.05) is 11.4 Å². The second-order valence-corrected chi connectivity index (χ2v) is 5.69. The Kier molecular flexibility index (Phi) is 4.97. The summed E-state index contributed by atoms with van der Waals surface area (Å²) in [6.07, 6.45) is -0.0964. The third-order valence-electron chi connectivity index (χ3n) is 3.21. The molecule has 0 radical (unpaired) electrons. The number of nitrogens with one attached hydrogen (secondary N) is 1. The number of carbonyl (C=O) groups excluding carboxylic acids is 1. The average Bonchev–Trinajstić information content (AvgIpc) is 2.92. The SMILES string of the molecule is CC(NC(=O)N1CCOCC1CC(=O)O)c1cccs1. The predicted octanol–water partition coefficient (Wildman–Crippen LogP) is 1.69. The number of ether oxygens (including phenoxy) is 1. The maximum absolute atomic E-state index is 12.3. The van der Waals surface area contributed by atoms with Gasteiger partial charge in [-0.2, -0.15) is 0 Å². The molecule has 1 aromatic rings. The van der Waals surface area contributed by atoms with Crippen molar-refractivity contribution in [1.82, 2.24) is 10.2 Å². The fraction of sp³-hybridized carbons (Fsp3) is 0.538. The van der Waals surface area contributed by atoms with Crippen molar-refractivity contribution in [3.8, 4) is 0 Å². The molecule has 1 aliphatic heterocycles. The molecule has 2 atom stereocenters. The lowest BCUT2D eigenvalue weighted by atomic mass is 10.1. The average molecular weight is 298 g/mol. The van der Waals surface area contributed by atoms with Crippen LogP contribution in [0.2, 0.25) is 0 Å². The van der Waals surface area contributed by atoms with E-state index < -0.39 is 12.0 Å². The highest BCUT2D eigenvalue weighted by atomic mass is 32.1. The number of rotatable bonds is 4. The molecule has 2 amide bonds. The van der Waals surface area contributed by atoms with Crippen LogP contribution < -0.4 is 5.32 Å². The van der Waals surface area contributed by atoms with E-state index in [1.807, 2.05) is 24.4 Å². The van der Waals surface area contributed by atoms with Gasteiger partial charge in [0.05, 0.1) is 31.7 Å². The zero-order valence-corrected chi connectivity index (χ0v) is 12.1. The highest BCUT2D eigenvalue weighted by molar-refractivity contribution is 7.10. The molecule has 0 saturated carbocycles. The van der Waals surface area contributed by atoms with Crippen LogP contribution in [0.25, 0.3) is 0 Å². The van der Waals surface area contributed by atoms with Gasteiger partial charge in [-0.05, 0) is 18.4 Å². The minimum Gasteiger partial charge on any atom is -0.481 e. The van der Waals surface area contributed by atoms with E-state index in [1.165, 1.54) is 0 Å². The molecule has 1 fully saturated rings. The fourth-order valence-corrected chi connectivity index (χ4v) is 2.90.